The number of para-hydroxylation sites is 1. The Morgan fingerprint density at radius 2 is 2.00 bits per heavy atom. The van der Waals surface area contributed by atoms with E-state index in [0.29, 0.717) is 6.54 Å². The Morgan fingerprint density at radius 1 is 1.20 bits per heavy atom. The first-order chi connectivity index (χ1) is 12.2. The highest BCUT2D eigenvalue weighted by Gasteiger charge is 2.13. The number of ether oxygens (including phenoxy) is 3. The molecule has 0 atom stereocenters. The molecule has 0 bridgehead atoms. The molecule has 3 rings (SSSR count). The molecule has 2 aromatic carbocycles. The fraction of sp³-hybridized carbons (Fsp3) is 0.250. The van der Waals surface area contributed by atoms with Crippen molar-refractivity contribution in [1.82, 2.24) is 5.32 Å². The summed E-state index contributed by atoms with van der Waals surface area (Å²) in [5.41, 5.74) is 2.86. The van der Waals surface area contributed by atoms with E-state index < -0.39 is 0 Å². The lowest BCUT2D eigenvalue weighted by Gasteiger charge is -2.09. The maximum Gasteiger partial charge on any atom is 0.244 e. The van der Waals surface area contributed by atoms with Crippen LogP contribution in [0.2, 0.25) is 0 Å². The molecule has 1 aliphatic rings. The normalized spacial score (nSPS) is 12.8. The van der Waals surface area contributed by atoms with Crippen molar-refractivity contribution in [2.45, 2.75) is 13.3 Å². The smallest absolute Gasteiger partial charge is 0.244 e. The monoisotopic (exact) mass is 339 g/mol. The van der Waals surface area contributed by atoms with Crippen LogP contribution in [0.3, 0.4) is 0 Å². The van der Waals surface area contributed by atoms with Gasteiger partial charge < -0.3 is 19.5 Å². The number of allylic oxidation sites excluding steroid dienone is 1. The molecule has 130 valence electrons. The Bertz CT molecular complexity index is 798. The quantitative estimate of drug-likeness (QED) is 0.821. The average Bonchev–Trinajstić information content (AvgIpc) is 3.09. The summed E-state index contributed by atoms with van der Waals surface area (Å²) in [6.45, 7) is 2.71. The maximum absolute atomic E-state index is 12.1. The van der Waals surface area contributed by atoms with Crippen molar-refractivity contribution in [3.63, 3.8) is 0 Å². The summed E-state index contributed by atoms with van der Waals surface area (Å²) in [6.07, 6.45) is 2.32. The van der Waals surface area contributed by atoms with Crippen molar-refractivity contribution in [2.24, 2.45) is 0 Å². The molecule has 0 radical (unpaired) electrons. The second-order valence-corrected chi connectivity index (χ2v) is 5.76. The van der Waals surface area contributed by atoms with Gasteiger partial charge in [-0.3, -0.25) is 4.79 Å². The van der Waals surface area contributed by atoms with E-state index in [4.69, 9.17) is 14.2 Å². The molecule has 0 saturated carbocycles. The van der Waals surface area contributed by atoms with Crippen molar-refractivity contribution in [2.75, 3.05) is 20.4 Å². The Morgan fingerprint density at radius 3 is 2.84 bits per heavy atom. The van der Waals surface area contributed by atoms with Gasteiger partial charge in [-0.05, 0) is 42.7 Å². The van der Waals surface area contributed by atoms with Crippen LogP contribution in [-0.2, 0) is 11.2 Å². The van der Waals surface area contributed by atoms with Crippen LogP contribution in [0, 0.1) is 0 Å². The fourth-order valence-corrected chi connectivity index (χ4v) is 2.72. The Labute approximate surface area is 147 Å². The fourth-order valence-electron chi connectivity index (χ4n) is 2.72. The number of amides is 1. The molecule has 0 saturated heterocycles. The van der Waals surface area contributed by atoms with Crippen LogP contribution in [0.15, 0.2) is 48.5 Å². The molecule has 1 N–H and O–H groups in total. The largest absolute Gasteiger partial charge is 0.496 e. The lowest BCUT2D eigenvalue weighted by molar-refractivity contribution is -0.116. The van der Waals surface area contributed by atoms with Gasteiger partial charge in [-0.1, -0.05) is 24.3 Å². The van der Waals surface area contributed by atoms with Gasteiger partial charge in [0.05, 0.1) is 7.11 Å². The van der Waals surface area contributed by atoms with Gasteiger partial charge in [-0.15, -0.1) is 0 Å². The van der Waals surface area contributed by atoms with Crippen LogP contribution in [0.1, 0.15) is 18.1 Å². The van der Waals surface area contributed by atoms with Gasteiger partial charge in [0.1, 0.15) is 5.75 Å². The Balaban J connectivity index is 1.55. The van der Waals surface area contributed by atoms with Gasteiger partial charge in [0.15, 0.2) is 11.5 Å². The zero-order valence-corrected chi connectivity index (χ0v) is 14.4. The molecule has 2 aromatic rings. The molecule has 1 amide bonds. The molecule has 0 aromatic heterocycles. The van der Waals surface area contributed by atoms with Gasteiger partial charge >= 0.3 is 0 Å². The SMILES string of the molecule is COc1ccccc1C(C)=CC(=O)NCCc1ccc2c(c1)OCO2. The minimum absolute atomic E-state index is 0.121. The van der Waals surface area contributed by atoms with Gasteiger partial charge in [0, 0.05) is 18.2 Å². The summed E-state index contributed by atoms with van der Waals surface area (Å²) >= 11 is 0. The third-order valence-corrected chi connectivity index (χ3v) is 4.03. The first-order valence-corrected chi connectivity index (χ1v) is 8.15. The zero-order valence-electron chi connectivity index (χ0n) is 14.4. The lowest BCUT2D eigenvalue weighted by Crippen LogP contribution is -2.23. The highest BCUT2D eigenvalue weighted by molar-refractivity contribution is 5.95. The van der Waals surface area contributed by atoms with Gasteiger partial charge in [0.25, 0.3) is 0 Å². The van der Waals surface area contributed by atoms with E-state index >= 15 is 0 Å². The summed E-state index contributed by atoms with van der Waals surface area (Å²) in [4.78, 5) is 12.1. The molecule has 5 nitrogen and oxygen atoms in total. The van der Waals surface area contributed by atoms with Crippen molar-refractivity contribution >= 4 is 11.5 Å². The number of carbonyl (C=O) groups excluding carboxylic acids is 1. The number of nitrogens with one attached hydrogen (secondary N) is 1. The number of hydrogen-bond acceptors (Lipinski definition) is 4. The van der Waals surface area contributed by atoms with Crippen LogP contribution in [0.5, 0.6) is 17.2 Å². The first-order valence-electron chi connectivity index (χ1n) is 8.15. The molecular weight excluding hydrogens is 318 g/mol. The van der Waals surface area contributed by atoms with Crippen molar-refractivity contribution in [3.8, 4) is 17.2 Å². The molecule has 5 heteroatoms. The van der Waals surface area contributed by atoms with E-state index in [-0.39, 0.29) is 12.7 Å². The van der Waals surface area contributed by atoms with Crippen molar-refractivity contribution in [3.05, 3.63) is 59.7 Å². The minimum Gasteiger partial charge on any atom is -0.496 e. The van der Waals surface area contributed by atoms with E-state index in [0.717, 1.165) is 40.4 Å². The van der Waals surface area contributed by atoms with E-state index in [1.807, 2.05) is 49.4 Å². The van der Waals surface area contributed by atoms with Crippen LogP contribution in [-0.4, -0.2) is 26.4 Å². The van der Waals surface area contributed by atoms with Gasteiger partial charge in [-0.25, -0.2) is 0 Å². The number of carbonyl (C=O) groups is 1. The first kappa shape index (κ1) is 16.9. The summed E-state index contributed by atoms with van der Waals surface area (Å²) in [5.74, 6) is 2.16. The molecule has 0 spiro atoms. The highest BCUT2D eigenvalue weighted by atomic mass is 16.7. The summed E-state index contributed by atoms with van der Waals surface area (Å²) in [6, 6.07) is 13.5. The number of hydrogen-bond donors (Lipinski definition) is 1. The number of benzene rings is 2. The standard InChI is InChI=1S/C20H21NO4/c1-14(16-5-3-4-6-17(16)23-2)11-20(22)21-10-9-15-7-8-18-19(12-15)25-13-24-18/h3-8,11-12H,9-10,13H2,1-2H3,(H,21,22). The molecule has 1 heterocycles. The van der Waals surface area contributed by atoms with Crippen LogP contribution >= 0.6 is 0 Å². The third-order valence-electron chi connectivity index (χ3n) is 4.03. The van der Waals surface area contributed by atoms with E-state index in [9.17, 15) is 4.79 Å². The van der Waals surface area contributed by atoms with Crippen molar-refractivity contribution < 1.29 is 19.0 Å². The highest BCUT2D eigenvalue weighted by Crippen LogP contribution is 2.32. The molecule has 0 aliphatic carbocycles. The van der Waals surface area contributed by atoms with Crippen LogP contribution in [0.4, 0.5) is 0 Å². The predicted octanol–water partition coefficient (Wildman–Crippen LogP) is 3.19. The summed E-state index contributed by atoms with van der Waals surface area (Å²) < 4.78 is 16.0. The second kappa shape index (κ2) is 7.75. The maximum atomic E-state index is 12.1. The molecule has 1 aliphatic heterocycles. The zero-order chi connectivity index (χ0) is 17.6. The molecule has 0 fully saturated rings. The molecule has 25 heavy (non-hydrogen) atoms. The molecule has 0 unspecified atom stereocenters. The predicted molar refractivity (Wildman–Crippen MR) is 95.9 cm³/mol. The Hall–Kier alpha value is -2.95. The van der Waals surface area contributed by atoms with E-state index in [2.05, 4.69) is 5.32 Å². The third kappa shape index (κ3) is 4.12. The van der Waals surface area contributed by atoms with Crippen LogP contribution < -0.4 is 19.5 Å². The summed E-state index contributed by atoms with van der Waals surface area (Å²) in [5, 5.41) is 2.91. The number of methoxy groups -OCH3 is 1. The minimum atomic E-state index is -0.121. The number of fused-ring (bicyclic) bond motifs is 1. The second-order valence-electron chi connectivity index (χ2n) is 5.76. The Kier molecular flexibility index (Phi) is 5.23. The van der Waals surface area contributed by atoms with Gasteiger partial charge in [0.2, 0.25) is 12.7 Å². The van der Waals surface area contributed by atoms with Crippen LogP contribution in [0.25, 0.3) is 5.57 Å². The van der Waals surface area contributed by atoms with E-state index in [1.54, 1.807) is 13.2 Å². The number of rotatable bonds is 6. The lowest BCUT2D eigenvalue weighted by atomic mass is 10.1. The van der Waals surface area contributed by atoms with Crippen molar-refractivity contribution in [1.29, 1.82) is 0 Å². The average molecular weight is 339 g/mol. The molecular formula is C20H21NO4. The van der Waals surface area contributed by atoms with Gasteiger partial charge in [-0.2, -0.15) is 0 Å². The topological polar surface area (TPSA) is 56.8 Å². The van der Waals surface area contributed by atoms with E-state index in [1.165, 1.54) is 0 Å². The summed E-state index contributed by atoms with van der Waals surface area (Å²) in [7, 11) is 1.62.